The number of anilines is 1. The van der Waals surface area contributed by atoms with E-state index in [2.05, 4.69) is 5.32 Å². The van der Waals surface area contributed by atoms with Crippen LogP contribution in [0.5, 0.6) is 11.5 Å². The summed E-state index contributed by atoms with van der Waals surface area (Å²) in [6.45, 7) is 3.63. The number of rotatable bonds is 4. The highest BCUT2D eigenvalue weighted by molar-refractivity contribution is 6.33. The van der Waals surface area contributed by atoms with Gasteiger partial charge < -0.3 is 19.5 Å². The lowest BCUT2D eigenvalue weighted by molar-refractivity contribution is 0.0378. The molecule has 1 heterocycles. The summed E-state index contributed by atoms with van der Waals surface area (Å²) in [5, 5.41) is 2.98. The van der Waals surface area contributed by atoms with E-state index >= 15 is 0 Å². The lowest BCUT2D eigenvalue weighted by atomic mass is 10.1. The van der Waals surface area contributed by atoms with Crippen molar-refractivity contribution in [2.45, 2.75) is 20.0 Å². The number of hydrogen-bond donors (Lipinski definition) is 1. The van der Waals surface area contributed by atoms with Crippen LogP contribution in [0.15, 0.2) is 36.4 Å². The van der Waals surface area contributed by atoms with Crippen molar-refractivity contribution in [1.82, 2.24) is 0 Å². The van der Waals surface area contributed by atoms with E-state index in [4.69, 9.17) is 25.8 Å². The third kappa shape index (κ3) is 3.85. The number of benzene rings is 2. The van der Waals surface area contributed by atoms with Crippen LogP contribution in [0.1, 0.15) is 34.6 Å². The van der Waals surface area contributed by atoms with E-state index in [1.807, 2.05) is 0 Å². The molecule has 6 nitrogen and oxygen atoms in total. The van der Waals surface area contributed by atoms with Crippen molar-refractivity contribution in [1.29, 1.82) is 0 Å². The van der Waals surface area contributed by atoms with E-state index in [1.165, 1.54) is 12.1 Å². The molecule has 0 unspecified atom stereocenters. The SMILES string of the molecule is CC(C)OC(=O)c1cc(NC(=O)c2ccc3c(c2)OCO3)ccc1Cl. The predicted octanol–water partition coefficient (Wildman–Crippen LogP) is 3.89. The van der Waals surface area contributed by atoms with Crippen molar-refractivity contribution in [3.8, 4) is 11.5 Å². The van der Waals surface area contributed by atoms with Gasteiger partial charge in [-0.1, -0.05) is 11.6 Å². The molecule has 0 fully saturated rings. The zero-order valence-corrected chi connectivity index (χ0v) is 14.4. The molecule has 0 radical (unpaired) electrons. The van der Waals surface area contributed by atoms with Gasteiger partial charge in [-0.2, -0.15) is 0 Å². The molecule has 0 aliphatic carbocycles. The first-order chi connectivity index (χ1) is 11.9. The minimum Gasteiger partial charge on any atom is -0.459 e. The summed E-state index contributed by atoms with van der Waals surface area (Å²) in [4.78, 5) is 24.5. The number of esters is 1. The highest BCUT2D eigenvalue weighted by Gasteiger charge is 2.18. The van der Waals surface area contributed by atoms with Crippen LogP contribution in [-0.2, 0) is 4.74 Å². The molecule has 7 heteroatoms. The van der Waals surface area contributed by atoms with Gasteiger partial charge in [0.25, 0.3) is 5.91 Å². The van der Waals surface area contributed by atoms with Gasteiger partial charge in [-0.15, -0.1) is 0 Å². The molecule has 0 saturated heterocycles. The smallest absolute Gasteiger partial charge is 0.339 e. The van der Waals surface area contributed by atoms with E-state index in [0.717, 1.165) is 0 Å². The van der Waals surface area contributed by atoms with E-state index < -0.39 is 5.97 Å². The summed E-state index contributed by atoms with van der Waals surface area (Å²) in [6, 6.07) is 9.53. The molecule has 130 valence electrons. The maximum atomic E-state index is 12.4. The van der Waals surface area contributed by atoms with Crippen molar-refractivity contribution in [3.63, 3.8) is 0 Å². The Kier molecular flexibility index (Phi) is 4.81. The second kappa shape index (κ2) is 7.03. The molecule has 2 aromatic rings. The average molecular weight is 362 g/mol. The van der Waals surface area contributed by atoms with E-state index in [9.17, 15) is 9.59 Å². The van der Waals surface area contributed by atoms with Crippen LogP contribution < -0.4 is 14.8 Å². The van der Waals surface area contributed by atoms with Gasteiger partial charge in [-0.25, -0.2) is 4.79 Å². The van der Waals surface area contributed by atoms with E-state index in [1.54, 1.807) is 38.1 Å². The molecule has 0 spiro atoms. The third-order valence-corrected chi connectivity index (χ3v) is 3.75. The molecule has 1 aliphatic rings. The topological polar surface area (TPSA) is 73.9 Å². The number of nitrogens with one attached hydrogen (secondary N) is 1. The first-order valence-electron chi connectivity index (χ1n) is 7.65. The predicted molar refractivity (Wildman–Crippen MR) is 92.5 cm³/mol. The number of halogens is 1. The van der Waals surface area contributed by atoms with Crippen LogP contribution in [0.4, 0.5) is 5.69 Å². The molecule has 1 aliphatic heterocycles. The van der Waals surface area contributed by atoms with Crippen molar-refractivity contribution in [3.05, 3.63) is 52.5 Å². The second-order valence-electron chi connectivity index (χ2n) is 5.67. The number of fused-ring (bicyclic) bond motifs is 1. The normalized spacial score (nSPS) is 12.2. The van der Waals surface area contributed by atoms with Crippen LogP contribution in [-0.4, -0.2) is 24.8 Å². The van der Waals surface area contributed by atoms with Gasteiger partial charge in [-0.05, 0) is 50.2 Å². The number of carbonyl (C=O) groups excluding carboxylic acids is 2. The van der Waals surface area contributed by atoms with Crippen LogP contribution in [0, 0.1) is 0 Å². The van der Waals surface area contributed by atoms with Crippen LogP contribution in [0.25, 0.3) is 0 Å². The summed E-state index contributed by atoms with van der Waals surface area (Å²) >= 11 is 6.05. The monoisotopic (exact) mass is 361 g/mol. The maximum absolute atomic E-state index is 12.4. The van der Waals surface area contributed by atoms with Gasteiger partial charge >= 0.3 is 5.97 Å². The number of ether oxygens (including phenoxy) is 3. The maximum Gasteiger partial charge on any atom is 0.339 e. The zero-order valence-electron chi connectivity index (χ0n) is 13.7. The highest BCUT2D eigenvalue weighted by atomic mass is 35.5. The molecule has 0 bridgehead atoms. The largest absolute Gasteiger partial charge is 0.459 e. The number of amides is 1. The molecule has 1 amide bonds. The molecule has 0 aromatic heterocycles. The van der Waals surface area contributed by atoms with Crippen LogP contribution in [0.2, 0.25) is 5.02 Å². The minimum atomic E-state index is -0.542. The fourth-order valence-corrected chi connectivity index (χ4v) is 2.47. The molecule has 0 atom stereocenters. The number of hydrogen-bond acceptors (Lipinski definition) is 5. The first kappa shape index (κ1) is 17.1. The molecule has 3 rings (SSSR count). The Morgan fingerprint density at radius 2 is 1.88 bits per heavy atom. The van der Waals surface area contributed by atoms with Crippen molar-refractivity contribution in [2.75, 3.05) is 12.1 Å². The van der Waals surface area contributed by atoms with E-state index in [-0.39, 0.29) is 29.4 Å². The standard InChI is InChI=1S/C18H16ClNO5/c1-10(2)25-18(22)13-8-12(4-5-14(13)19)20-17(21)11-3-6-15-16(7-11)24-9-23-15/h3-8,10H,9H2,1-2H3,(H,20,21). The fourth-order valence-electron chi connectivity index (χ4n) is 2.28. The Morgan fingerprint density at radius 3 is 2.64 bits per heavy atom. The summed E-state index contributed by atoms with van der Waals surface area (Å²) in [5.41, 5.74) is 1.03. The van der Waals surface area contributed by atoms with Gasteiger partial charge in [0.2, 0.25) is 6.79 Å². The Bertz CT molecular complexity index is 834. The van der Waals surface area contributed by atoms with Gasteiger partial charge in [0.1, 0.15) is 0 Å². The van der Waals surface area contributed by atoms with Crippen molar-refractivity contribution < 1.29 is 23.8 Å². The van der Waals surface area contributed by atoms with Gasteiger partial charge in [0.05, 0.1) is 16.7 Å². The Balaban J connectivity index is 1.78. The lowest BCUT2D eigenvalue weighted by Crippen LogP contribution is -2.14. The second-order valence-corrected chi connectivity index (χ2v) is 6.08. The fraction of sp³-hybridized carbons (Fsp3) is 0.222. The quantitative estimate of drug-likeness (QED) is 0.836. The third-order valence-electron chi connectivity index (χ3n) is 3.42. The summed E-state index contributed by atoms with van der Waals surface area (Å²) in [5.74, 6) is 0.231. The van der Waals surface area contributed by atoms with Crippen LogP contribution >= 0.6 is 11.6 Å². The summed E-state index contributed by atoms with van der Waals surface area (Å²) in [7, 11) is 0. The molecule has 1 N–H and O–H groups in total. The molecule has 25 heavy (non-hydrogen) atoms. The number of carbonyl (C=O) groups is 2. The van der Waals surface area contributed by atoms with Crippen LogP contribution in [0.3, 0.4) is 0 Å². The van der Waals surface area contributed by atoms with Crippen molar-refractivity contribution in [2.24, 2.45) is 0 Å². The lowest BCUT2D eigenvalue weighted by Gasteiger charge is -2.11. The Morgan fingerprint density at radius 1 is 1.12 bits per heavy atom. The van der Waals surface area contributed by atoms with E-state index in [0.29, 0.717) is 22.7 Å². The van der Waals surface area contributed by atoms with Crippen molar-refractivity contribution >= 4 is 29.2 Å². The minimum absolute atomic E-state index is 0.138. The Hall–Kier alpha value is -2.73. The molecule has 2 aromatic carbocycles. The first-order valence-corrected chi connectivity index (χ1v) is 8.03. The summed E-state index contributed by atoms with van der Waals surface area (Å²) < 4.78 is 15.6. The van der Waals surface area contributed by atoms with Gasteiger partial charge in [0.15, 0.2) is 11.5 Å². The van der Waals surface area contributed by atoms with Gasteiger partial charge in [-0.3, -0.25) is 4.79 Å². The van der Waals surface area contributed by atoms with Gasteiger partial charge in [0, 0.05) is 11.3 Å². The molecular weight excluding hydrogens is 346 g/mol. The molecule has 0 saturated carbocycles. The molecular formula is C18H16ClNO5. The Labute approximate surface area is 149 Å². The zero-order chi connectivity index (χ0) is 18.0. The highest BCUT2D eigenvalue weighted by Crippen LogP contribution is 2.32. The average Bonchev–Trinajstić information content (AvgIpc) is 3.03. The summed E-state index contributed by atoms with van der Waals surface area (Å²) in [6.07, 6.45) is -0.268.